The van der Waals surface area contributed by atoms with Crippen molar-refractivity contribution in [3.05, 3.63) is 0 Å². The summed E-state index contributed by atoms with van der Waals surface area (Å²) >= 11 is 0. The molecule has 0 amide bonds. The first-order chi connectivity index (χ1) is 6.50. The van der Waals surface area contributed by atoms with Gasteiger partial charge in [0.1, 0.15) is 0 Å². The summed E-state index contributed by atoms with van der Waals surface area (Å²) in [6.45, 7) is 4.95. The van der Waals surface area contributed by atoms with E-state index < -0.39 is 15.3 Å². The Labute approximate surface area is 85.3 Å². The number of hydrogen-bond acceptors (Lipinski definition) is 4. The normalized spacial score (nSPS) is 25.6. The molecule has 1 rings (SSSR count). The predicted molar refractivity (Wildman–Crippen MR) is 54.4 cm³/mol. The van der Waals surface area contributed by atoms with Gasteiger partial charge in [-0.25, -0.2) is 8.42 Å². The van der Waals surface area contributed by atoms with Gasteiger partial charge in [-0.05, 0) is 13.8 Å². The van der Waals surface area contributed by atoms with Crippen LogP contribution in [0, 0.1) is 0 Å². The van der Waals surface area contributed by atoms with E-state index in [1.807, 2.05) is 0 Å². The molecule has 0 aromatic carbocycles. The number of hydrogen-bond donors (Lipinski definition) is 1. The highest BCUT2D eigenvalue weighted by molar-refractivity contribution is 7.89. The first-order valence-corrected chi connectivity index (χ1v) is 6.29. The van der Waals surface area contributed by atoms with Crippen LogP contribution in [0.2, 0.25) is 0 Å². The van der Waals surface area contributed by atoms with Crippen LogP contribution in [0.4, 0.5) is 0 Å². The summed E-state index contributed by atoms with van der Waals surface area (Å²) in [6.07, 6.45) is 0. The summed E-state index contributed by atoms with van der Waals surface area (Å²) in [4.78, 5) is 0. The van der Waals surface area contributed by atoms with E-state index >= 15 is 0 Å². The zero-order valence-electron chi connectivity index (χ0n) is 8.64. The highest BCUT2D eigenvalue weighted by Crippen LogP contribution is 2.15. The second kappa shape index (κ2) is 4.57. The van der Waals surface area contributed by atoms with Gasteiger partial charge in [-0.2, -0.15) is 4.31 Å². The van der Waals surface area contributed by atoms with Gasteiger partial charge in [0.2, 0.25) is 10.0 Å². The number of morpholine rings is 1. The zero-order chi connectivity index (χ0) is 10.8. The third-order valence-corrected chi connectivity index (χ3v) is 4.69. The summed E-state index contributed by atoms with van der Waals surface area (Å²) in [6, 6.07) is -0.198. The summed E-state index contributed by atoms with van der Waals surface area (Å²) in [5.74, 6) is 0. The topological polar surface area (TPSA) is 72.6 Å². The van der Waals surface area contributed by atoms with Gasteiger partial charge in [-0.15, -0.1) is 0 Å². The first-order valence-electron chi connectivity index (χ1n) is 4.78. The lowest BCUT2D eigenvalue weighted by Crippen LogP contribution is -2.53. The summed E-state index contributed by atoms with van der Waals surface area (Å²) in [5.41, 5.74) is 5.50. The van der Waals surface area contributed by atoms with Crippen LogP contribution in [0.25, 0.3) is 0 Å². The Morgan fingerprint density at radius 1 is 1.57 bits per heavy atom. The van der Waals surface area contributed by atoms with Gasteiger partial charge in [-0.3, -0.25) is 0 Å². The fourth-order valence-electron chi connectivity index (χ4n) is 1.43. The third-order valence-electron chi connectivity index (χ3n) is 2.37. The fraction of sp³-hybridized carbons (Fsp3) is 1.00. The highest BCUT2D eigenvalue weighted by Gasteiger charge is 2.33. The smallest absolute Gasteiger partial charge is 0.216 e. The van der Waals surface area contributed by atoms with Crippen LogP contribution < -0.4 is 5.73 Å². The van der Waals surface area contributed by atoms with Crippen molar-refractivity contribution in [3.8, 4) is 0 Å². The summed E-state index contributed by atoms with van der Waals surface area (Å²) in [7, 11) is -3.19. The average Bonchev–Trinajstić information content (AvgIpc) is 2.17. The largest absolute Gasteiger partial charge is 0.378 e. The van der Waals surface area contributed by atoms with E-state index in [2.05, 4.69) is 0 Å². The van der Waals surface area contributed by atoms with E-state index in [-0.39, 0.29) is 6.04 Å². The second-order valence-electron chi connectivity index (χ2n) is 3.67. The molecular formula is C8H18N2O3S. The maximum Gasteiger partial charge on any atom is 0.216 e. The molecule has 0 radical (unpaired) electrons. The number of ether oxygens (including phenoxy) is 1. The first kappa shape index (κ1) is 11.9. The Balaban J connectivity index is 2.83. The maximum absolute atomic E-state index is 11.9. The van der Waals surface area contributed by atoms with Crippen LogP contribution in [0.15, 0.2) is 0 Å². The quantitative estimate of drug-likeness (QED) is 0.691. The van der Waals surface area contributed by atoms with Crippen LogP contribution in [-0.4, -0.2) is 50.3 Å². The molecule has 0 aromatic heterocycles. The van der Waals surface area contributed by atoms with E-state index in [1.54, 1.807) is 13.8 Å². The van der Waals surface area contributed by atoms with Crippen molar-refractivity contribution in [2.24, 2.45) is 5.73 Å². The van der Waals surface area contributed by atoms with E-state index in [0.717, 1.165) is 0 Å². The van der Waals surface area contributed by atoms with Crippen molar-refractivity contribution < 1.29 is 13.2 Å². The van der Waals surface area contributed by atoms with Crippen LogP contribution >= 0.6 is 0 Å². The molecule has 0 aromatic rings. The van der Waals surface area contributed by atoms with Gasteiger partial charge in [0.05, 0.1) is 24.5 Å². The molecule has 84 valence electrons. The average molecular weight is 222 g/mol. The van der Waals surface area contributed by atoms with Crippen LogP contribution in [-0.2, 0) is 14.8 Å². The van der Waals surface area contributed by atoms with Crippen molar-refractivity contribution in [1.29, 1.82) is 0 Å². The second-order valence-corrected chi connectivity index (χ2v) is 6.11. The standard InChI is InChI=1S/C8H18N2O3S/c1-7(2)14(11,12)10-3-4-13-6-8(10)5-9/h7-8H,3-6,9H2,1-2H3. The van der Waals surface area contributed by atoms with Crippen molar-refractivity contribution in [3.63, 3.8) is 0 Å². The Hall–Kier alpha value is -0.170. The Morgan fingerprint density at radius 3 is 2.71 bits per heavy atom. The lowest BCUT2D eigenvalue weighted by molar-refractivity contribution is 0.0355. The third kappa shape index (κ3) is 2.25. The molecule has 1 heterocycles. The Bertz CT molecular complexity index is 276. The molecule has 1 aliphatic rings. The van der Waals surface area contributed by atoms with Crippen LogP contribution in [0.5, 0.6) is 0 Å². The van der Waals surface area contributed by atoms with Gasteiger partial charge in [0, 0.05) is 13.1 Å². The van der Waals surface area contributed by atoms with E-state index in [9.17, 15) is 8.42 Å². The molecule has 0 bridgehead atoms. The molecule has 14 heavy (non-hydrogen) atoms. The van der Waals surface area contributed by atoms with Crippen LogP contribution in [0.1, 0.15) is 13.8 Å². The minimum atomic E-state index is -3.19. The van der Waals surface area contributed by atoms with Crippen molar-refractivity contribution >= 4 is 10.0 Å². The molecule has 1 saturated heterocycles. The molecule has 0 spiro atoms. The van der Waals surface area contributed by atoms with Gasteiger partial charge in [0.15, 0.2) is 0 Å². The Kier molecular flexibility index (Phi) is 3.88. The SMILES string of the molecule is CC(C)S(=O)(=O)N1CCOCC1CN. The van der Waals surface area contributed by atoms with E-state index in [4.69, 9.17) is 10.5 Å². The lowest BCUT2D eigenvalue weighted by atomic mass is 10.3. The fourth-order valence-corrected chi connectivity index (χ4v) is 2.86. The van der Waals surface area contributed by atoms with Crippen molar-refractivity contribution in [2.45, 2.75) is 25.1 Å². The lowest BCUT2D eigenvalue weighted by Gasteiger charge is -2.34. The summed E-state index contributed by atoms with van der Waals surface area (Å²) < 4.78 is 30.4. The number of nitrogens with two attached hydrogens (primary N) is 1. The zero-order valence-corrected chi connectivity index (χ0v) is 9.46. The predicted octanol–water partition coefficient (Wildman–Crippen LogP) is -0.616. The van der Waals surface area contributed by atoms with Crippen LogP contribution in [0.3, 0.4) is 0 Å². The highest BCUT2D eigenvalue weighted by atomic mass is 32.2. The maximum atomic E-state index is 11.9. The van der Waals surface area contributed by atoms with E-state index in [0.29, 0.717) is 26.3 Å². The molecule has 5 nitrogen and oxygen atoms in total. The van der Waals surface area contributed by atoms with Gasteiger partial charge in [0.25, 0.3) is 0 Å². The number of nitrogens with zero attached hydrogens (tertiary/aromatic N) is 1. The molecule has 6 heteroatoms. The molecule has 1 fully saturated rings. The monoisotopic (exact) mass is 222 g/mol. The molecule has 2 N–H and O–H groups in total. The van der Waals surface area contributed by atoms with Crippen molar-refractivity contribution in [2.75, 3.05) is 26.3 Å². The molecular weight excluding hydrogens is 204 g/mol. The molecule has 1 atom stereocenters. The molecule has 0 aliphatic carbocycles. The number of rotatable bonds is 3. The summed E-state index contributed by atoms with van der Waals surface area (Å²) in [5, 5.41) is -0.394. The number of sulfonamides is 1. The molecule has 0 saturated carbocycles. The molecule has 1 aliphatic heterocycles. The Morgan fingerprint density at radius 2 is 2.21 bits per heavy atom. The van der Waals surface area contributed by atoms with Gasteiger partial charge < -0.3 is 10.5 Å². The van der Waals surface area contributed by atoms with Gasteiger partial charge >= 0.3 is 0 Å². The minimum absolute atomic E-state index is 0.198. The minimum Gasteiger partial charge on any atom is -0.378 e. The molecule has 1 unspecified atom stereocenters. The van der Waals surface area contributed by atoms with E-state index in [1.165, 1.54) is 4.31 Å². The van der Waals surface area contributed by atoms with Crippen molar-refractivity contribution in [1.82, 2.24) is 4.31 Å². The van der Waals surface area contributed by atoms with Gasteiger partial charge in [-0.1, -0.05) is 0 Å².